The van der Waals surface area contributed by atoms with E-state index in [2.05, 4.69) is 24.4 Å². The lowest BCUT2D eigenvalue weighted by Crippen LogP contribution is -2.21. The summed E-state index contributed by atoms with van der Waals surface area (Å²) in [4.78, 5) is 15.8. The third-order valence-corrected chi connectivity index (χ3v) is 4.43. The van der Waals surface area contributed by atoms with E-state index in [1.807, 2.05) is 0 Å². The minimum Gasteiger partial charge on any atom is -0.445 e. The second-order valence-corrected chi connectivity index (χ2v) is 6.60. The van der Waals surface area contributed by atoms with Crippen LogP contribution in [0.15, 0.2) is 47.3 Å². The summed E-state index contributed by atoms with van der Waals surface area (Å²) < 4.78 is 68.1. The summed E-state index contributed by atoms with van der Waals surface area (Å²) in [6, 6.07) is 6.43. The van der Waals surface area contributed by atoms with E-state index in [0.717, 1.165) is 11.5 Å². The number of halogens is 4. The molecule has 2 amide bonds. The van der Waals surface area contributed by atoms with Gasteiger partial charge in [-0.3, -0.25) is 0 Å². The van der Waals surface area contributed by atoms with Crippen LogP contribution in [0.3, 0.4) is 0 Å². The lowest BCUT2D eigenvalue weighted by Gasteiger charge is -2.10. The number of carbonyl (C=O) groups is 1. The molecule has 0 saturated heterocycles. The first-order valence-electron chi connectivity index (χ1n) is 8.33. The fourth-order valence-corrected chi connectivity index (χ4v) is 3.00. The maximum atomic E-state index is 13.6. The van der Waals surface area contributed by atoms with Gasteiger partial charge in [0.25, 0.3) is 0 Å². The maximum absolute atomic E-state index is 13.6. The number of nitrogens with zero attached hydrogens (tertiary/aromatic N) is 3. The lowest BCUT2D eigenvalue weighted by molar-refractivity contribution is 0.262. The van der Waals surface area contributed by atoms with Gasteiger partial charge in [0, 0.05) is 29.4 Å². The molecule has 0 fully saturated rings. The van der Waals surface area contributed by atoms with Crippen molar-refractivity contribution in [3.8, 4) is 22.3 Å². The number of amides is 2. The number of carbonyl (C=O) groups excluding carboxylic acids is 1. The second-order valence-electron chi connectivity index (χ2n) is 5.83. The molecule has 0 aliphatic carbocycles. The Labute approximate surface area is 174 Å². The fraction of sp³-hybridized carbons (Fsp3) is 0. The Balaban J connectivity index is 1.39. The van der Waals surface area contributed by atoms with Crippen molar-refractivity contribution in [2.45, 2.75) is 0 Å². The van der Waals surface area contributed by atoms with Crippen LogP contribution in [0.1, 0.15) is 0 Å². The summed E-state index contributed by atoms with van der Waals surface area (Å²) in [7, 11) is 0. The van der Waals surface area contributed by atoms with E-state index in [9.17, 15) is 22.4 Å². The highest BCUT2D eigenvalue weighted by Gasteiger charge is 2.21. The summed E-state index contributed by atoms with van der Waals surface area (Å²) in [5.74, 6) is -6.01. The normalized spacial score (nSPS) is 10.7. The Morgan fingerprint density at radius 2 is 1.71 bits per heavy atom. The fourth-order valence-electron chi connectivity index (χ4n) is 2.38. The van der Waals surface area contributed by atoms with Crippen molar-refractivity contribution in [2.75, 3.05) is 10.6 Å². The number of aromatic nitrogens is 3. The Morgan fingerprint density at radius 3 is 2.35 bits per heavy atom. The predicted octanol–water partition coefficient (Wildman–Crippen LogP) is 5.19. The minimum atomic E-state index is -1.72. The number of urea groups is 1. The zero-order valence-corrected chi connectivity index (χ0v) is 15.8. The molecule has 31 heavy (non-hydrogen) atoms. The molecule has 0 radical (unpaired) electrons. The Hall–Kier alpha value is -4.00. The third kappa shape index (κ3) is 4.45. The molecule has 2 N–H and O–H groups in total. The first-order valence-corrected chi connectivity index (χ1v) is 9.10. The van der Waals surface area contributed by atoms with E-state index in [0.29, 0.717) is 22.3 Å². The van der Waals surface area contributed by atoms with Crippen molar-refractivity contribution >= 4 is 28.9 Å². The van der Waals surface area contributed by atoms with Gasteiger partial charge in [-0.2, -0.15) is 9.36 Å². The molecule has 4 aromatic rings. The largest absolute Gasteiger partial charge is 0.445 e. The van der Waals surface area contributed by atoms with Crippen LogP contribution in [0.4, 0.5) is 33.7 Å². The highest BCUT2D eigenvalue weighted by Crippen LogP contribution is 2.30. The summed E-state index contributed by atoms with van der Waals surface area (Å²) in [5.41, 5.74) is -0.547. The lowest BCUT2D eigenvalue weighted by atomic mass is 10.2. The molecular formula is C18H9F4N5O3S. The van der Waals surface area contributed by atoms with Gasteiger partial charge in [0.05, 0.1) is 0 Å². The van der Waals surface area contributed by atoms with Crippen molar-refractivity contribution in [2.24, 2.45) is 0 Å². The molecule has 0 bridgehead atoms. The van der Waals surface area contributed by atoms with Crippen LogP contribution in [-0.4, -0.2) is 20.5 Å². The van der Waals surface area contributed by atoms with Gasteiger partial charge in [-0.25, -0.2) is 22.4 Å². The molecule has 4 rings (SSSR count). The van der Waals surface area contributed by atoms with E-state index in [-0.39, 0.29) is 11.8 Å². The molecule has 0 saturated carbocycles. The second kappa shape index (κ2) is 8.39. The van der Waals surface area contributed by atoms with Crippen molar-refractivity contribution < 1.29 is 31.6 Å². The van der Waals surface area contributed by atoms with Crippen molar-refractivity contribution in [1.29, 1.82) is 0 Å². The van der Waals surface area contributed by atoms with E-state index in [1.165, 1.54) is 30.7 Å². The first kappa shape index (κ1) is 20.3. The summed E-state index contributed by atoms with van der Waals surface area (Å²) in [5, 5.41) is 8.12. The number of nitrogens with one attached hydrogen (secondary N) is 2. The molecule has 13 heteroatoms. The van der Waals surface area contributed by atoms with Gasteiger partial charge in [-0.1, -0.05) is 5.16 Å². The summed E-state index contributed by atoms with van der Waals surface area (Å²) >= 11 is 1.06. The van der Waals surface area contributed by atoms with Crippen LogP contribution in [0.2, 0.25) is 0 Å². The highest BCUT2D eigenvalue weighted by atomic mass is 32.1. The number of anilines is 2. The summed E-state index contributed by atoms with van der Waals surface area (Å²) in [6.07, 6.45) is 1.17. The molecule has 8 nitrogen and oxygen atoms in total. The van der Waals surface area contributed by atoms with Crippen molar-refractivity contribution in [1.82, 2.24) is 14.5 Å². The van der Waals surface area contributed by atoms with Gasteiger partial charge in [0.1, 0.15) is 17.1 Å². The number of hydrogen-bond acceptors (Lipinski definition) is 7. The molecular weight excluding hydrogens is 442 g/mol. The number of hydrogen-bond donors (Lipinski definition) is 2. The Kier molecular flexibility index (Phi) is 5.49. The topological polar surface area (TPSA) is 102 Å². The van der Waals surface area contributed by atoms with Gasteiger partial charge in [-0.05, 0) is 24.3 Å². The molecule has 2 heterocycles. The standard InChI is InChI=1S/C18H9F4N5O3S/c19-10-5-11(20)15(22)16(14(10)21)25-18(28)24-8-1-3-9(4-2-8)30-13-6-12(27-31-13)17-23-7-29-26-17/h1-7H,(H2,24,25,28). The van der Waals surface area contributed by atoms with Crippen LogP contribution in [0.5, 0.6) is 10.8 Å². The Morgan fingerprint density at radius 1 is 1.00 bits per heavy atom. The van der Waals surface area contributed by atoms with E-state index >= 15 is 0 Å². The zero-order valence-electron chi connectivity index (χ0n) is 15.0. The van der Waals surface area contributed by atoms with Crippen molar-refractivity contribution in [3.63, 3.8) is 0 Å². The molecule has 0 aliphatic heterocycles. The van der Waals surface area contributed by atoms with Gasteiger partial charge in [0.2, 0.25) is 17.3 Å². The van der Waals surface area contributed by atoms with Gasteiger partial charge in [-0.15, -0.1) is 0 Å². The zero-order chi connectivity index (χ0) is 22.0. The number of ether oxygens (including phenoxy) is 1. The molecule has 0 unspecified atom stereocenters. The first-order chi connectivity index (χ1) is 14.9. The van der Waals surface area contributed by atoms with E-state index in [4.69, 9.17) is 4.74 Å². The van der Waals surface area contributed by atoms with Crippen LogP contribution in [-0.2, 0) is 0 Å². The van der Waals surface area contributed by atoms with Gasteiger partial charge < -0.3 is 19.9 Å². The van der Waals surface area contributed by atoms with Crippen molar-refractivity contribution in [3.05, 3.63) is 66.1 Å². The van der Waals surface area contributed by atoms with E-state index < -0.39 is 35.0 Å². The highest BCUT2D eigenvalue weighted by molar-refractivity contribution is 7.08. The number of benzene rings is 2. The molecule has 2 aromatic carbocycles. The quantitative estimate of drug-likeness (QED) is 0.320. The van der Waals surface area contributed by atoms with Crippen LogP contribution in [0, 0.1) is 23.3 Å². The van der Waals surface area contributed by atoms with Gasteiger partial charge >= 0.3 is 6.03 Å². The minimum absolute atomic E-state index is 0.0424. The molecule has 158 valence electrons. The average Bonchev–Trinajstić information content (AvgIpc) is 3.43. The predicted molar refractivity (Wildman–Crippen MR) is 101 cm³/mol. The third-order valence-electron chi connectivity index (χ3n) is 3.76. The monoisotopic (exact) mass is 451 g/mol. The molecule has 2 aromatic heterocycles. The van der Waals surface area contributed by atoms with Crippen LogP contribution < -0.4 is 15.4 Å². The van der Waals surface area contributed by atoms with E-state index in [1.54, 1.807) is 11.4 Å². The smallest absolute Gasteiger partial charge is 0.323 e. The molecule has 0 spiro atoms. The molecule has 0 aliphatic rings. The Bertz CT molecular complexity index is 1210. The van der Waals surface area contributed by atoms with Gasteiger partial charge in [0.15, 0.2) is 23.3 Å². The van der Waals surface area contributed by atoms with Crippen LogP contribution >= 0.6 is 11.5 Å². The van der Waals surface area contributed by atoms with Crippen LogP contribution in [0.25, 0.3) is 11.5 Å². The summed E-state index contributed by atoms with van der Waals surface area (Å²) in [6.45, 7) is 0. The number of rotatable bonds is 5. The maximum Gasteiger partial charge on any atom is 0.323 e. The molecule has 0 atom stereocenters. The SMILES string of the molecule is O=C(Nc1ccc(Oc2cc(-c3ncon3)ns2)cc1)Nc1c(F)c(F)cc(F)c1F. The average molecular weight is 451 g/mol.